The Balaban J connectivity index is 2.38. The molecular formula is C13H16. The van der Waals surface area contributed by atoms with Crippen molar-refractivity contribution in [2.24, 2.45) is 0 Å². The first-order chi connectivity index (χ1) is 6.12. The summed E-state index contributed by atoms with van der Waals surface area (Å²) in [7, 11) is 0. The molecule has 0 saturated heterocycles. The Morgan fingerprint density at radius 3 is 2.62 bits per heavy atom. The molecule has 0 N–H and O–H groups in total. The fraction of sp³-hybridized carbons (Fsp3) is 0.385. The molecule has 0 radical (unpaired) electrons. The monoisotopic (exact) mass is 172 g/mol. The van der Waals surface area contributed by atoms with Gasteiger partial charge in [0, 0.05) is 0 Å². The van der Waals surface area contributed by atoms with Crippen LogP contribution in [0.1, 0.15) is 37.8 Å². The molecular weight excluding hydrogens is 156 g/mol. The van der Waals surface area contributed by atoms with Gasteiger partial charge in [-0.25, -0.2) is 0 Å². The highest BCUT2D eigenvalue weighted by molar-refractivity contribution is 5.62. The summed E-state index contributed by atoms with van der Waals surface area (Å²) < 4.78 is 0. The third-order valence-electron chi connectivity index (χ3n) is 3.05. The molecule has 0 aromatic heterocycles. The number of hydrogen-bond acceptors (Lipinski definition) is 0. The molecule has 0 bridgehead atoms. The zero-order chi connectivity index (χ0) is 9.47. The van der Waals surface area contributed by atoms with Crippen molar-refractivity contribution in [3.8, 4) is 0 Å². The second-order valence-electron chi connectivity index (χ2n) is 4.42. The van der Waals surface area contributed by atoms with E-state index in [1.807, 2.05) is 0 Å². The maximum absolute atomic E-state index is 3.97. The molecule has 1 aromatic carbocycles. The van der Waals surface area contributed by atoms with Crippen LogP contribution in [-0.2, 0) is 5.41 Å². The molecule has 0 heterocycles. The summed E-state index contributed by atoms with van der Waals surface area (Å²) in [5, 5.41) is 0. The molecule has 0 spiro atoms. The number of rotatable bonds is 2. The zero-order valence-corrected chi connectivity index (χ0v) is 8.43. The smallest absolute Gasteiger partial charge is 0.00744 e. The topological polar surface area (TPSA) is 0 Å². The maximum Gasteiger partial charge on any atom is -0.00744 e. The lowest BCUT2D eigenvalue weighted by molar-refractivity contribution is 0.787. The van der Waals surface area contributed by atoms with Gasteiger partial charge in [0.15, 0.2) is 0 Å². The van der Waals surface area contributed by atoms with E-state index >= 15 is 0 Å². The molecule has 0 atom stereocenters. The molecule has 2 rings (SSSR count). The average Bonchev–Trinajstić information content (AvgIpc) is 2.85. The summed E-state index contributed by atoms with van der Waals surface area (Å²) in [5.41, 5.74) is 4.40. The second kappa shape index (κ2) is 2.73. The maximum atomic E-state index is 3.97. The van der Waals surface area contributed by atoms with Crippen LogP contribution >= 0.6 is 0 Å². The normalized spacial score (nSPS) is 18.3. The van der Waals surface area contributed by atoms with Gasteiger partial charge in [-0.05, 0) is 36.3 Å². The fourth-order valence-electron chi connectivity index (χ4n) is 1.64. The Bertz CT molecular complexity index is 343. The molecule has 0 heteroatoms. The highest BCUT2D eigenvalue weighted by Gasteiger charge is 2.38. The van der Waals surface area contributed by atoms with E-state index < -0.39 is 0 Å². The Hall–Kier alpha value is -1.04. The Morgan fingerprint density at radius 1 is 1.38 bits per heavy atom. The highest BCUT2D eigenvalue weighted by Crippen LogP contribution is 2.47. The lowest BCUT2D eigenvalue weighted by atomic mass is 9.95. The molecule has 0 unspecified atom stereocenters. The van der Waals surface area contributed by atoms with Crippen LogP contribution in [-0.4, -0.2) is 0 Å². The largest absolute Gasteiger partial charge is 0.0955 e. The third-order valence-corrected chi connectivity index (χ3v) is 3.05. The van der Waals surface area contributed by atoms with Crippen LogP contribution in [0.25, 0.3) is 5.57 Å². The third kappa shape index (κ3) is 1.53. The van der Waals surface area contributed by atoms with Gasteiger partial charge in [0.05, 0.1) is 0 Å². The van der Waals surface area contributed by atoms with E-state index in [1.165, 1.54) is 24.0 Å². The van der Waals surface area contributed by atoms with Crippen molar-refractivity contribution in [3.63, 3.8) is 0 Å². The standard InChI is InChI=1S/C13H16/c1-10(2)11-5-4-6-12(9-11)13(3)7-8-13/h4-6,9H,1,7-8H2,2-3H3. The summed E-state index contributed by atoms with van der Waals surface area (Å²) >= 11 is 0. The van der Waals surface area contributed by atoms with Crippen LogP contribution in [0.4, 0.5) is 0 Å². The van der Waals surface area contributed by atoms with E-state index in [0.717, 1.165) is 5.57 Å². The van der Waals surface area contributed by atoms with E-state index in [-0.39, 0.29) is 0 Å². The molecule has 13 heavy (non-hydrogen) atoms. The first-order valence-corrected chi connectivity index (χ1v) is 4.88. The molecule has 1 aliphatic rings. The number of hydrogen-bond donors (Lipinski definition) is 0. The van der Waals surface area contributed by atoms with Gasteiger partial charge < -0.3 is 0 Å². The van der Waals surface area contributed by atoms with Gasteiger partial charge in [-0.3, -0.25) is 0 Å². The minimum absolute atomic E-state index is 0.478. The summed E-state index contributed by atoms with van der Waals surface area (Å²) in [6.45, 7) is 8.37. The van der Waals surface area contributed by atoms with E-state index in [2.05, 4.69) is 44.7 Å². The van der Waals surface area contributed by atoms with Crippen molar-refractivity contribution in [1.82, 2.24) is 0 Å². The molecule has 1 aliphatic carbocycles. The van der Waals surface area contributed by atoms with Crippen molar-refractivity contribution in [1.29, 1.82) is 0 Å². The van der Waals surface area contributed by atoms with Gasteiger partial charge >= 0.3 is 0 Å². The summed E-state index contributed by atoms with van der Waals surface area (Å²) in [5.74, 6) is 0. The second-order valence-corrected chi connectivity index (χ2v) is 4.42. The number of benzene rings is 1. The fourth-order valence-corrected chi connectivity index (χ4v) is 1.64. The van der Waals surface area contributed by atoms with Crippen LogP contribution in [0, 0.1) is 0 Å². The van der Waals surface area contributed by atoms with Gasteiger partial charge in [0.2, 0.25) is 0 Å². The molecule has 1 saturated carbocycles. The lowest BCUT2D eigenvalue weighted by Crippen LogP contribution is -1.99. The van der Waals surface area contributed by atoms with E-state index in [1.54, 1.807) is 0 Å². The summed E-state index contributed by atoms with van der Waals surface area (Å²) in [6, 6.07) is 8.80. The molecule has 1 fully saturated rings. The highest BCUT2D eigenvalue weighted by atomic mass is 14.4. The van der Waals surface area contributed by atoms with Gasteiger partial charge in [-0.2, -0.15) is 0 Å². The molecule has 68 valence electrons. The van der Waals surface area contributed by atoms with Gasteiger partial charge in [-0.15, -0.1) is 0 Å². The van der Waals surface area contributed by atoms with Crippen molar-refractivity contribution in [3.05, 3.63) is 42.0 Å². The number of allylic oxidation sites excluding steroid dienone is 1. The van der Waals surface area contributed by atoms with Crippen molar-refractivity contribution in [2.75, 3.05) is 0 Å². The van der Waals surface area contributed by atoms with Crippen molar-refractivity contribution < 1.29 is 0 Å². The summed E-state index contributed by atoms with van der Waals surface area (Å²) in [6.07, 6.45) is 2.68. The van der Waals surface area contributed by atoms with Gasteiger partial charge in [0.1, 0.15) is 0 Å². The first-order valence-electron chi connectivity index (χ1n) is 4.88. The minimum atomic E-state index is 0.478. The lowest BCUT2D eigenvalue weighted by Gasteiger charge is -2.10. The Morgan fingerprint density at radius 2 is 2.08 bits per heavy atom. The van der Waals surface area contributed by atoms with Crippen LogP contribution in [0.15, 0.2) is 30.8 Å². The van der Waals surface area contributed by atoms with E-state index in [4.69, 9.17) is 0 Å². The Kier molecular flexibility index (Phi) is 1.80. The van der Waals surface area contributed by atoms with Crippen LogP contribution in [0.2, 0.25) is 0 Å². The van der Waals surface area contributed by atoms with E-state index in [9.17, 15) is 0 Å². The molecule has 0 nitrogen and oxygen atoms in total. The zero-order valence-electron chi connectivity index (χ0n) is 8.43. The average molecular weight is 172 g/mol. The minimum Gasteiger partial charge on any atom is -0.0955 e. The van der Waals surface area contributed by atoms with Crippen LogP contribution < -0.4 is 0 Å². The predicted octanol–water partition coefficient (Wildman–Crippen LogP) is 3.77. The van der Waals surface area contributed by atoms with Crippen LogP contribution in [0.5, 0.6) is 0 Å². The molecule has 0 aliphatic heterocycles. The quantitative estimate of drug-likeness (QED) is 0.637. The van der Waals surface area contributed by atoms with Crippen molar-refractivity contribution in [2.45, 2.75) is 32.1 Å². The Labute approximate surface area is 80.3 Å². The van der Waals surface area contributed by atoms with Crippen molar-refractivity contribution >= 4 is 5.57 Å². The predicted molar refractivity (Wildman–Crippen MR) is 57.7 cm³/mol. The van der Waals surface area contributed by atoms with Crippen LogP contribution in [0.3, 0.4) is 0 Å². The summed E-state index contributed by atoms with van der Waals surface area (Å²) in [4.78, 5) is 0. The van der Waals surface area contributed by atoms with Gasteiger partial charge in [-0.1, -0.05) is 43.3 Å². The SMILES string of the molecule is C=C(C)c1cccc(C2(C)CC2)c1. The molecule has 1 aromatic rings. The first kappa shape index (κ1) is 8.55. The van der Waals surface area contributed by atoms with E-state index in [0.29, 0.717) is 5.41 Å². The molecule has 0 amide bonds. The van der Waals surface area contributed by atoms with Gasteiger partial charge in [0.25, 0.3) is 0 Å².